The molecule has 2 aromatic rings. The van der Waals surface area contributed by atoms with Gasteiger partial charge in [-0.1, -0.05) is 30.4 Å². The first-order valence-electron chi connectivity index (χ1n) is 7.59. The zero-order valence-electron chi connectivity index (χ0n) is 13.7. The molecule has 24 heavy (non-hydrogen) atoms. The van der Waals surface area contributed by atoms with Gasteiger partial charge in [-0.05, 0) is 37.3 Å². The van der Waals surface area contributed by atoms with E-state index in [2.05, 4.69) is 10.6 Å². The number of methoxy groups -OCH3 is 1. The highest BCUT2D eigenvalue weighted by Crippen LogP contribution is 2.28. The lowest BCUT2D eigenvalue weighted by Gasteiger charge is -2.12. The van der Waals surface area contributed by atoms with Gasteiger partial charge in [0.05, 0.1) is 12.8 Å². The maximum Gasteiger partial charge on any atom is 0.255 e. The average molecular weight is 324 g/mol. The molecule has 0 aliphatic heterocycles. The number of ether oxygens (including phenoxy) is 1. The minimum absolute atomic E-state index is 0.126. The van der Waals surface area contributed by atoms with Gasteiger partial charge < -0.3 is 15.4 Å². The molecule has 0 saturated carbocycles. The predicted molar refractivity (Wildman–Crippen MR) is 95.4 cm³/mol. The Labute approximate surface area is 141 Å². The van der Waals surface area contributed by atoms with Crippen molar-refractivity contribution in [2.24, 2.45) is 0 Å². The van der Waals surface area contributed by atoms with E-state index in [0.29, 0.717) is 29.1 Å². The number of hydrogen-bond donors (Lipinski definition) is 2. The first kappa shape index (κ1) is 17.3. The second-order valence-electron chi connectivity index (χ2n) is 5.06. The second kappa shape index (κ2) is 8.53. The van der Waals surface area contributed by atoms with Crippen LogP contribution in [-0.2, 0) is 4.79 Å². The van der Waals surface area contributed by atoms with Crippen LogP contribution in [0, 0.1) is 0 Å². The molecule has 0 unspecified atom stereocenters. The van der Waals surface area contributed by atoms with Crippen LogP contribution < -0.4 is 15.4 Å². The van der Waals surface area contributed by atoms with Crippen molar-refractivity contribution in [3.63, 3.8) is 0 Å². The average Bonchev–Trinajstić information content (AvgIpc) is 2.61. The number of nitrogens with one attached hydrogen (secondary N) is 2. The molecule has 5 heteroatoms. The van der Waals surface area contributed by atoms with Gasteiger partial charge in [0, 0.05) is 17.7 Å². The van der Waals surface area contributed by atoms with Crippen LogP contribution in [0.5, 0.6) is 5.75 Å². The number of amides is 2. The highest BCUT2D eigenvalue weighted by molar-refractivity contribution is 6.05. The summed E-state index contributed by atoms with van der Waals surface area (Å²) in [6.45, 7) is 1.86. The van der Waals surface area contributed by atoms with Crippen LogP contribution in [-0.4, -0.2) is 18.9 Å². The predicted octanol–water partition coefficient (Wildman–Crippen LogP) is 3.85. The molecule has 2 amide bonds. The number of rotatable bonds is 6. The molecular weight excluding hydrogens is 304 g/mol. The van der Waals surface area contributed by atoms with E-state index in [1.54, 1.807) is 48.5 Å². The standard InChI is InChI=1S/C19H20N2O3/c1-3-4-10-18(22)20-15-11-12-17(24-2)16(13-15)21-19(23)14-8-6-5-7-9-14/h3-9,11-13H,10H2,1-2H3,(H,20,22)(H,21,23). The minimum Gasteiger partial charge on any atom is -0.495 e. The van der Waals surface area contributed by atoms with Gasteiger partial charge in [0.1, 0.15) is 5.75 Å². The second-order valence-corrected chi connectivity index (χ2v) is 5.06. The van der Waals surface area contributed by atoms with E-state index in [4.69, 9.17) is 4.74 Å². The highest BCUT2D eigenvalue weighted by atomic mass is 16.5. The van der Waals surface area contributed by atoms with Crippen LogP contribution >= 0.6 is 0 Å². The van der Waals surface area contributed by atoms with E-state index in [0.717, 1.165) is 0 Å². The molecule has 0 atom stereocenters. The fourth-order valence-electron chi connectivity index (χ4n) is 2.10. The van der Waals surface area contributed by atoms with Gasteiger partial charge in [-0.3, -0.25) is 9.59 Å². The normalized spacial score (nSPS) is 10.4. The lowest BCUT2D eigenvalue weighted by molar-refractivity contribution is -0.115. The van der Waals surface area contributed by atoms with Crippen LogP contribution in [0.2, 0.25) is 0 Å². The van der Waals surface area contributed by atoms with E-state index in [1.165, 1.54) is 7.11 Å². The van der Waals surface area contributed by atoms with Crippen LogP contribution in [0.1, 0.15) is 23.7 Å². The molecule has 0 aliphatic carbocycles. The van der Waals surface area contributed by atoms with E-state index < -0.39 is 0 Å². The zero-order chi connectivity index (χ0) is 17.4. The molecule has 0 aromatic heterocycles. The number of anilines is 2. The molecule has 0 radical (unpaired) electrons. The fraction of sp³-hybridized carbons (Fsp3) is 0.158. The maximum atomic E-state index is 12.3. The third kappa shape index (κ3) is 4.71. The number of carbonyl (C=O) groups excluding carboxylic acids is 2. The molecule has 0 spiro atoms. The molecule has 0 saturated heterocycles. The van der Waals surface area contributed by atoms with Gasteiger partial charge in [-0.25, -0.2) is 0 Å². The zero-order valence-corrected chi connectivity index (χ0v) is 13.7. The summed E-state index contributed by atoms with van der Waals surface area (Å²) < 4.78 is 5.27. The Bertz CT molecular complexity index is 740. The van der Waals surface area contributed by atoms with Crippen LogP contribution in [0.3, 0.4) is 0 Å². The van der Waals surface area contributed by atoms with Gasteiger partial charge in [-0.2, -0.15) is 0 Å². The summed E-state index contributed by atoms with van der Waals surface area (Å²) in [5, 5.41) is 5.59. The monoisotopic (exact) mass is 324 g/mol. The largest absolute Gasteiger partial charge is 0.495 e. The Kier molecular flexibility index (Phi) is 6.14. The summed E-state index contributed by atoms with van der Waals surface area (Å²) in [6, 6.07) is 14.0. The summed E-state index contributed by atoms with van der Waals surface area (Å²) in [4.78, 5) is 24.1. The smallest absolute Gasteiger partial charge is 0.255 e. The number of carbonyl (C=O) groups is 2. The molecule has 0 heterocycles. The number of allylic oxidation sites excluding steroid dienone is 1. The van der Waals surface area contributed by atoms with Crippen molar-refractivity contribution in [2.75, 3.05) is 17.7 Å². The van der Waals surface area contributed by atoms with Crippen molar-refractivity contribution in [1.29, 1.82) is 0 Å². The van der Waals surface area contributed by atoms with E-state index >= 15 is 0 Å². The third-order valence-electron chi connectivity index (χ3n) is 3.31. The van der Waals surface area contributed by atoms with E-state index in [9.17, 15) is 9.59 Å². The van der Waals surface area contributed by atoms with Crippen molar-refractivity contribution in [2.45, 2.75) is 13.3 Å². The molecule has 0 fully saturated rings. The van der Waals surface area contributed by atoms with Crippen molar-refractivity contribution < 1.29 is 14.3 Å². The number of benzene rings is 2. The lowest BCUT2D eigenvalue weighted by Crippen LogP contribution is -2.14. The van der Waals surface area contributed by atoms with E-state index in [-0.39, 0.29) is 11.8 Å². The summed E-state index contributed by atoms with van der Waals surface area (Å²) in [7, 11) is 1.53. The molecule has 0 bridgehead atoms. The molecule has 124 valence electrons. The van der Waals surface area contributed by atoms with Gasteiger partial charge in [0.25, 0.3) is 5.91 Å². The van der Waals surface area contributed by atoms with Crippen molar-refractivity contribution in [1.82, 2.24) is 0 Å². The SMILES string of the molecule is CC=CCC(=O)Nc1ccc(OC)c(NC(=O)c2ccccc2)c1. The van der Waals surface area contributed by atoms with Crippen LogP contribution in [0.25, 0.3) is 0 Å². The Hall–Kier alpha value is -3.08. The Morgan fingerprint density at radius 3 is 2.50 bits per heavy atom. The van der Waals surface area contributed by atoms with Gasteiger partial charge >= 0.3 is 0 Å². The third-order valence-corrected chi connectivity index (χ3v) is 3.31. The first-order chi connectivity index (χ1) is 11.6. The van der Waals surface area contributed by atoms with Crippen molar-refractivity contribution in [3.8, 4) is 5.75 Å². The van der Waals surface area contributed by atoms with Gasteiger partial charge in [0.2, 0.25) is 5.91 Å². The van der Waals surface area contributed by atoms with Crippen molar-refractivity contribution in [3.05, 3.63) is 66.2 Å². The summed E-state index contributed by atoms with van der Waals surface area (Å²) >= 11 is 0. The molecule has 2 aromatic carbocycles. The molecule has 0 aliphatic rings. The van der Waals surface area contributed by atoms with Gasteiger partial charge in [-0.15, -0.1) is 0 Å². The van der Waals surface area contributed by atoms with Crippen LogP contribution in [0.15, 0.2) is 60.7 Å². The summed E-state index contributed by atoms with van der Waals surface area (Å²) in [6.07, 6.45) is 3.89. The number of hydrogen-bond acceptors (Lipinski definition) is 3. The quantitative estimate of drug-likeness (QED) is 0.793. The topological polar surface area (TPSA) is 67.4 Å². The van der Waals surface area contributed by atoms with Gasteiger partial charge in [0.15, 0.2) is 0 Å². The summed E-state index contributed by atoms with van der Waals surface area (Å²) in [5.41, 5.74) is 1.63. The first-order valence-corrected chi connectivity index (χ1v) is 7.59. The maximum absolute atomic E-state index is 12.3. The lowest BCUT2D eigenvalue weighted by atomic mass is 10.2. The Morgan fingerprint density at radius 1 is 1.08 bits per heavy atom. The van der Waals surface area contributed by atoms with Crippen LogP contribution in [0.4, 0.5) is 11.4 Å². The molecule has 2 rings (SSSR count). The highest BCUT2D eigenvalue weighted by Gasteiger charge is 2.11. The Morgan fingerprint density at radius 2 is 1.83 bits per heavy atom. The van der Waals surface area contributed by atoms with Crippen molar-refractivity contribution >= 4 is 23.2 Å². The summed E-state index contributed by atoms with van der Waals surface area (Å²) in [5.74, 6) is 0.149. The minimum atomic E-state index is -0.244. The van der Waals surface area contributed by atoms with E-state index in [1.807, 2.05) is 19.1 Å². The molecule has 2 N–H and O–H groups in total. The molecule has 5 nitrogen and oxygen atoms in total. The fourth-order valence-corrected chi connectivity index (χ4v) is 2.10. The molecular formula is C19H20N2O3. The Balaban J connectivity index is 2.17.